The maximum atomic E-state index is 4.37. The van der Waals surface area contributed by atoms with Crippen molar-refractivity contribution in [3.05, 3.63) is 58.9 Å². The molecule has 2 heterocycles. The van der Waals surface area contributed by atoms with Gasteiger partial charge in [0.05, 0.1) is 5.52 Å². The van der Waals surface area contributed by atoms with E-state index in [1.807, 2.05) is 24.4 Å². The lowest BCUT2D eigenvalue weighted by molar-refractivity contribution is 0.892. The van der Waals surface area contributed by atoms with Gasteiger partial charge in [-0.05, 0) is 53.6 Å². The lowest BCUT2D eigenvalue weighted by atomic mass is 10.1. The summed E-state index contributed by atoms with van der Waals surface area (Å²) < 4.78 is 0. The normalized spacial score (nSPS) is 12.5. The molecular weight excluding hydrogens is 240 g/mol. The van der Waals surface area contributed by atoms with Crippen LogP contribution in [0.3, 0.4) is 0 Å². The number of benzene rings is 1. The summed E-state index contributed by atoms with van der Waals surface area (Å²) >= 11 is 1.73. The summed E-state index contributed by atoms with van der Waals surface area (Å²) in [6, 6.07) is 12.7. The highest BCUT2D eigenvalue weighted by atomic mass is 32.1. The fourth-order valence-corrected chi connectivity index (χ4v) is 2.82. The van der Waals surface area contributed by atoms with Crippen molar-refractivity contribution in [3.8, 4) is 0 Å². The zero-order chi connectivity index (χ0) is 12.4. The molecule has 0 aliphatic rings. The first-order valence-electron chi connectivity index (χ1n) is 5.97. The molecule has 0 fully saturated rings. The third-order valence-electron chi connectivity index (χ3n) is 3.06. The van der Waals surface area contributed by atoms with Crippen LogP contribution in [-0.4, -0.2) is 4.98 Å². The van der Waals surface area contributed by atoms with Gasteiger partial charge in [0, 0.05) is 23.3 Å². The van der Waals surface area contributed by atoms with Gasteiger partial charge >= 0.3 is 0 Å². The first-order valence-corrected chi connectivity index (χ1v) is 6.91. The number of nitrogens with one attached hydrogen (secondary N) is 1. The molecule has 1 atom stereocenters. The minimum Gasteiger partial charge on any atom is -0.378 e. The van der Waals surface area contributed by atoms with E-state index in [-0.39, 0.29) is 0 Å². The van der Waals surface area contributed by atoms with E-state index in [2.05, 4.69) is 46.2 Å². The molecule has 2 aromatic heterocycles. The molecule has 3 heteroatoms. The summed E-state index contributed by atoms with van der Waals surface area (Å²) in [7, 11) is 0. The van der Waals surface area contributed by atoms with Crippen LogP contribution in [0, 0.1) is 0 Å². The molecule has 1 N–H and O–H groups in total. The average Bonchev–Trinajstić information content (AvgIpc) is 2.93. The van der Waals surface area contributed by atoms with Crippen LogP contribution in [0.2, 0.25) is 0 Å². The number of aromatic nitrogens is 1. The Bertz CT molecular complexity index is 641. The molecule has 0 saturated carbocycles. The van der Waals surface area contributed by atoms with Crippen molar-refractivity contribution in [2.45, 2.75) is 13.0 Å². The van der Waals surface area contributed by atoms with E-state index in [4.69, 9.17) is 0 Å². The van der Waals surface area contributed by atoms with Crippen molar-refractivity contribution in [1.29, 1.82) is 0 Å². The smallest absolute Gasteiger partial charge is 0.0722 e. The number of fused-ring (bicyclic) bond motifs is 1. The Morgan fingerprint density at radius 2 is 2.11 bits per heavy atom. The molecule has 1 aromatic carbocycles. The molecule has 0 spiro atoms. The first-order chi connectivity index (χ1) is 8.84. The van der Waals surface area contributed by atoms with E-state index in [0.717, 1.165) is 11.2 Å². The molecule has 18 heavy (non-hydrogen) atoms. The predicted molar refractivity (Wildman–Crippen MR) is 78.1 cm³/mol. The van der Waals surface area contributed by atoms with Crippen LogP contribution in [0.5, 0.6) is 0 Å². The summed E-state index contributed by atoms with van der Waals surface area (Å²) in [5.74, 6) is 0. The van der Waals surface area contributed by atoms with Gasteiger partial charge in [-0.3, -0.25) is 4.98 Å². The fourth-order valence-electron chi connectivity index (χ4n) is 2.07. The molecule has 90 valence electrons. The lowest BCUT2D eigenvalue weighted by Gasteiger charge is -2.15. The molecule has 1 unspecified atom stereocenters. The average molecular weight is 254 g/mol. The maximum absolute atomic E-state index is 4.37. The van der Waals surface area contributed by atoms with Gasteiger partial charge in [0.15, 0.2) is 0 Å². The number of hydrogen-bond donors (Lipinski definition) is 1. The molecule has 0 aliphatic heterocycles. The second-order valence-corrected chi connectivity index (χ2v) is 5.08. The van der Waals surface area contributed by atoms with E-state index in [1.165, 1.54) is 10.9 Å². The minimum absolute atomic E-state index is 0.307. The predicted octanol–water partition coefficient (Wildman–Crippen LogP) is 4.47. The quantitative estimate of drug-likeness (QED) is 0.746. The monoisotopic (exact) mass is 254 g/mol. The molecule has 2 nitrogen and oxygen atoms in total. The third-order valence-corrected chi connectivity index (χ3v) is 3.76. The molecule has 0 aliphatic carbocycles. The van der Waals surface area contributed by atoms with Crippen LogP contribution in [0.25, 0.3) is 10.9 Å². The molecule has 0 bridgehead atoms. The van der Waals surface area contributed by atoms with Crippen LogP contribution in [-0.2, 0) is 0 Å². The summed E-state index contributed by atoms with van der Waals surface area (Å²) in [6.45, 7) is 2.18. The Hall–Kier alpha value is -1.87. The summed E-state index contributed by atoms with van der Waals surface area (Å²) in [4.78, 5) is 4.37. The first kappa shape index (κ1) is 11.2. The molecule has 0 radical (unpaired) electrons. The fraction of sp³-hybridized carbons (Fsp3) is 0.133. The van der Waals surface area contributed by atoms with E-state index in [0.29, 0.717) is 6.04 Å². The Kier molecular flexibility index (Phi) is 2.99. The van der Waals surface area contributed by atoms with Gasteiger partial charge in [0.25, 0.3) is 0 Å². The van der Waals surface area contributed by atoms with Crippen molar-refractivity contribution in [2.75, 3.05) is 5.32 Å². The van der Waals surface area contributed by atoms with Gasteiger partial charge in [-0.25, -0.2) is 0 Å². The molecule has 3 rings (SSSR count). The molecule has 3 aromatic rings. The van der Waals surface area contributed by atoms with Gasteiger partial charge in [-0.1, -0.05) is 6.07 Å². The summed E-state index contributed by atoms with van der Waals surface area (Å²) in [5, 5.41) is 9.01. The van der Waals surface area contributed by atoms with E-state index in [9.17, 15) is 0 Å². The van der Waals surface area contributed by atoms with Crippen molar-refractivity contribution in [3.63, 3.8) is 0 Å². The number of nitrogens with zero attached hydrogens (tertiary/aromatic N) is 1. The van der Waals surface area contributed by atoms with Crippen molar-refractivity contribution < 1.29 is 0 Å². The van der Waals surface area contributed by atoms with Gasteiger partial charge in [-0.2, -0.15) is 11.3 Å². The van der Waals surface area contributed by atoms with Crippen LogP contribution in [0.1, 0.15) is 18.5 Å². The largest absolute Gasteiger partial charge is 0.378 e. The van der Waals surface area contributed by atoms with Gasteiger partial charge < -0.3 is 5.32 Å². The zero-order valence-electron chi connectivity index (χ0n) is 10.1. The van der Waals surface area contributed by atoms with E-state index in [1.54, 1.807) is 11.3 Å². The van der Waals surface area contributed by atoms with Crippen molar-refractivity contribution in [1.82, 2.24) is 4.98 Å². The van der Waals surface area contributed by atoms with Crippen LogP contribution < -0.4 is 5.32 Å². The summed E-state index contributed by atoms with van der Waals surface area (Å²) in [5.41, 5.74) is 3.49. The summed E-state index contributed by atoms with van der Waals surface area (Å²) in [6.07, 6.45) is 1.83. The van der Waals surface area contributed by atoms with Crippen molar-refractivity contribution in [2.24, 2.45) is 0 Å². The van der Waals surface area contributed by atoms with Gasteiger partial charge in [0.1, 0.15) is 0 Å². The van der Waals surface area contributed by atoms with Crippen LogP contribution >= 0.6 is 11.3 Å². The Morgan fingerprint density at radius 1 is 1.17 bits per heavy atom. The van der Waals surface area contributed by atoms with Gasteiger partial charge in [-0.15, -0.1) is 0 Å². The van der Waals surface area contributed by atoms with E-state index < -0.39 is 0 Å². The molecule has 0 amide bonds. The highest BCUT2D eigenvalue weighted by molar-refractivity contribution is 7.07. The van der Waals surface area contributed by atoms with Crippen LogP contribution in [0.15, 0.2) is 53.4 Å². The number of thiophene rings is 1. The number of anilines is 1. The Morgan fingerprint density at radius 3 is 2.94 bits per heavy atom. The highest BCUT2D eigenvalue weighted by Gasteiger charge is 2.07. The SMILES string of the molecule is CC(Nc1cccc2ncccc12)c1ccsc1. The minimum atomic E-state index is 0.307. The second-order valence-electron chi connectivity index (χ2n) is 4.30. The molecule has 0 saturated heterocycles. The number of rotatable bonds is 3. The Balaban J connectivity index is 1.95. The standard InChI is InChI=1S/C15H14N2S/c1-11(12-7-9-18-10-12)17-15-6-2-5-14-13(15)4-3-8-16-14/h2-11,17H,1H3. The van der Waals surface area contributed by atoms with Gasteiger partial charge in [0.2, 0.25) is 0 Å². The second kappa shape index (κ2) is 4.78. The topological polar surface area (TPSA) is 24.9 Å². The van der Waals surface area contributed by atoms with Crippen LogP contribution in [0.4, 0.5) is 5.69 Å². The number of hydrogen-bond acceptors (Lipinski definition) is 3. The van der Waals surface area contributed by atoms with Crippen molar-refractivity contribution >= 4 is 27.9 Å². The number of pyridine rings is 1. The van der Waals surface area contributed by atoms with E-state index >= 15 is 0 Å². The molecular formula is C15H14N2S. The zero-order valence-corrected chi connectivity index (χ0v) is 10.9. The maximum Gasteiger partial charge on any atom is 0.0722 e. The highest BCUT2D eigenvalue weighted by Crippen LogP contribution is 2.26. The third kappa shape index (κ3) is 2.09. The lowest BCUT2D eigenvalue weighted by Crippen LogP contribution is -2.05. The Labute approximate surface area is 110 Å².